The normalized spacial score (nSPS) is 11.1. The van der Waals surface area contributed by atoms with E-state index in [2.05, 4.69) is 15.3 Å². The first kappa shape index (κ1) is 12.1. The second-order valence-electron chi connectivity index (χ2n) is 4.24. The first-order valence-corrected chi connectivity index (χ1v) is 6.25. The van der Waals surface area contributed by atoms with Crippen molar-refractivity contribution in [1.29, 1.82) is 0 Å². The summed E-state index contributed by atoms with van der Waals surface area (Å²) < 4.78 is 1.71. The van der Waals surface area contributed by atoms with E-state index in [4.69, 9.17) is 17.3 Å². The highest BCUT2D eigenvalue weighted by atomic mass is 35.5. The smallest absolute Gasteiger partial charge is 0.185 e. The van der Waals surface area contributed by atoms with Gasteiger partial charge in [0.05, 0.1) is 0 Å². The molecule has 1 aromatic carbocycles. The SMILES string of the molecule is Cc1ccnn2c(-c3cccc(Cl)c3CN)nnc12. The summed E-state index contributed by atoms with van der Waals surface area (Å²) >= 11 is 6.17. The molecule has 6 heteroatoms. The molecule has 2 aromatic heterocycles. The first-order valence-electron chi connectivity index (χ1n) is 5.87. The third-order valence-corrected chi connectivity index (χ3v) is 3.42. The van der Waals surface area contributed by atoms with E-state index in [1.54, 1.807) is 10.7 Å². The average molecular weight is 274 g/mol. The van der Waals surface area contributed by atoms with Crippen molar-refractivity contribution in [2.45, 2.75) is 13.5 Å². The van der Waals surface area contributed by atoms with Crippen LogP contribution in [0.5, 0.6) is 0 Å². The molecule has 0 radical (unpaired) electrons. The van der Waals surface area contributed by atoms with Gasteiger partial charge in [0.2, 0.25) is 0 Å². The van der Waals surface area contributed by atoms with Crippen LogP contribution < -0.4 is 5.73 Å². The number of benzene rings is 1. The van der Waals surface area contributed by atoms with E-state index >= 15 is 0 Å². The Balaban J connectivity index is 2.31. The summed E-state index contributed by atoms with van der Waals surface area (Å²) in [4.78, 5) is 0. The highest BCUT2D eigenvalue weighted by molar-refractivity contribution is 6.31. The van der Waals surface area contributed by atoms with Gasteiger partial charge in [-0.2, -0.15) is 9.61 Å². The quantitative estimate of drug-likeness (QED) is 0.777. The van der Waals surface area contributed by atoms with E-state index in [1.807, 2.05) is 31.2 Å². The van der Waals surface area contributed by atoms with Gasteiger partial charge in [0, 0.05) is 23.3 Å². The zero-order valence-corrected chi connectivity index (χ0v) is 11.1. The Hall–Kier alpha value is -1.98. The maximum absolute atomic E-state index is 6.17. The van der Waals surface area contributed by atoms with Gasteiger partial charge in [-0.25, -0.2) is 0 Å². The molecule has 0 bridgehead atoms. The first-order chi connectivity index (χ1) is 9.22. The van der Waals surface area contributed by atoms with Crippen molar-refractivity contribution >= 4 is 17.2 Å². The third kappa shape index (κ3) is 1.87. The van der Waals surface area contributed by atoms with E-state index in [-0.39, 0.29) is 0 Å². The molecule has 3 aromatic rings. The zero-order chi connectivity index (χ0) is 13.4. The molecule has 0 aliphatic carbocycles. The molecule has 2 heterocycles. The van der Waals surface area contributed by atoms with Crippen molar-refractivity contribution in [1.82, 2.24) is 19.8 Å². The number of aryl methyl sites for hydroxylation is 1. The van der Waals surface area contributed by atoms with Crippen molar-refractivity contribution in [2.24, 2.45) is 5.73 Å². The number of hydrogen-bond donors (Lipinski definition) is 1. The molecule has 0 fully saturated rings. The molecule has 0 unspecified atom stereocenters. The lowest BCUT2D eigenvalue weighted by atomic mass is 10.1. The van der Waals surface area contributed by atoms with Gasteiger partial charge >= 0.3 is 0 Å². The highest BCUT2D eigenvalue weighted by Crippen LogP contribution is 2.27. The Labute approximate surface area is 115 Å². The number of halogens is 1. The molecule has 5 nitrogen and oxygen atoms in total. The molecule has 0 saturated carbocycles. The lowest BCUT2D eigenvalue weighted by Crippen LogP contribution is -2.03. The van der Waals surface area contributed by atoms with E-state index in [9.17, 15) is 0 Å². The molecule has 0 aliphatic rings. The van der Waals surface area contributed by atoms with Gasteiger partial charge < -0.3 is 5.73 Å². The molecule has 0 atom stereocenters. The standard InChI is InChI=1S/C13H12ClN5/c1-8-5-6-16-19-12(8)17-18-13(19)9-3-2-4-11(14)10(9)7-15/h2-6H,7,15H2,1H3. The maximum Gasteiger partial charge on any atom is 0.185 e. The number of fused-ring (bicyclic) bond motifs is 1. The number of nitrogens with zero attached hydrogens (tertiary/aromatic N) is 4. The molecule has 0 spiro atoms. The van der Waals surface area contributed by atoms with Crippen LogP contribution in [0.4, 0.5) is 0 Å². The van der Waals surface area contributed by atoms with Gasteiger partial charge in [0.1, 0.15) is 0 Å². The maximum atomic E-state index is 6.17. The molecular weight excluding hydrogens is 262 g/mol. The van der Waals surface area contributed by atoms with E-state index < -0.39 is 0 Å². The van der Waals surface area contributed by atoms with Crippen molar-refractivity contribution < 1.29 is 0 Å². The highest BCUT2D eigenvalue weighted by Gasteiger charge is 2.15. The van der Waals surface area contributed by atoms with Gasteiger partial charge in [0.25, 0.3) is 0 Å². The number of hydrogen-bond acceptors (Lipinski definition) is 4. The number of aromatic nitrogens is 4. The van der Waals surface area contributed by atoms with Crippen LogP contribution in [0, 0.1) is 6.92 Å². The lowest BCUT2D eigenvalue weighted by molar-refractivity contribution is 0.924. The molecule has 0 amide bonds. The van der Waals surface area contributed by atoms with Gasteiger partial charge in [-0.15, -0.1) is 10.2 Å². The number of rotatable bonds is 2. The predicted octanol–water partition coefficient (Wildman–Crippen LogP) is 2.21. The van der Waals surface area contributed by atoms with Crippen LogP contribution in [0.25, 0.3) is 17.0 Å². The number of nitrogens with two attached hydrogens (primary N) is 1. The fourth-order valence-electron chi connectivity index (χ4n) is 2.06. The molecule has 0 saturated heterocycles. The largest absolute Gasteiger partial charge is 0.326 e. The van der Waals surface area contributed by atoms with Crippen LogP contribution in [0.3, 0.4) is 0 Å². The molecule has 2 N–H and O–H groups in total. The fraction of sp³-hybridized carbons (Fsp3) is 0.154. The monoisotopic (exact) mass is 273 g/mol. The topological polar surface area (TPSA) is 69.1 Å². The molecule has 19 heavy (non-hydrogen) atoms. The summed E-state index contributed by atoms with van der Waals surface area (Å²) in [7, 11) is 0. The predicted molar refractivity (Wildman–Crippen MR) is 73.9 cm³/mol. The zero-order valence-electron chi connectivity index (χ0n) is 10.3. The molecule has 96 valence electrons. The van der Waals surface area contributed by atoms with Crippen LogP contribution >= 0.6 is 11.6 Å². The minimum Gasteiger partial charge on any atom is -0.326 e. The van der Waals surface area contributed by atoms with Crippen molar-refractivity contribution in [3.8, 4) is 11.4 Å². The van der Waals surface area contributed by atoms with Gasteiger partial charge in [0.15, 0.2) is 11.5 Å². The second kappa shape index (κ2) is 4.60. The Kier molecular flexibility index (Phi) is 2.93. The minimum atomic E-state index is 0.343. The van der Waals surface area contributed by atoms with Crippen molar-refractivity contribution in [3.05, 3.63) is 46.6 Å². The van der Waals surface area contributed by atoms with E-state index in [1.165, 1.54) is 0 Å². The van der Waals surface area contributed by atoms with Gasteiger partial charge in [-0.1, -0.05) is 23.7 Å². The van der Waals surface area contributed by atoms with Crippen LogP contribution in [0.15, 0.2) is 30.5 Å². The summed E-state index contributed by atoms with van der Waals surface area (Å²) in [5, 5.41) is 13.3. The second-order valence-corrected chi connectivity index (χ2v) is 4.65. The molecule has 0 aliphatic heterocycles. The fourth-order valence-corrected chi connectivity index (χ4v) is 2.32. The molecule has 3 rings (SSSR count). The lowest BCUT2D eigenvalue weighted by Gasteiger charge is -2.07. The van der Waals surface area contributed by atoms with Crippen LogP contribution in [-0.2, 0) is 6.54 Å². The summed E-state index contributed by atoms with van der Waals surface area (Å²) in [5.74, 6) is 0.654. The Morgan fingerprint density at radius 3 is 2.89 bits per heavy atom. The third-order valence-electron chi connectivity index (χ3n) is 3.06. The van der Waals surface area contributed by atoms with Gasteiger partial charge in [-0.3, -0.25) is 0 Å². The summed E-state index contributed by atoms with van der Waals surface area (Å²) in [5.41, 5.74) is 9.23. The van der Waals surface area contributed by atoms with E-state index in [0.29, 0.717) is 17.4 Å². The summed E-state index contributed by atoms with van der Waals surface area (Å²) in [6.07, 6.45) is 1.72. The van der Waals surface area contributed by atoms with Crippen LogP contribution in [-0.4, -0.2) is 19.8 Å². The van der Waals surface area contributed by atoms with Crippen LogP contribution in [0.2, 0.25) is 5.02 Å². The summed E-state index contributed by atoms with van der Waals surface area (Å²) in [6, 6.07) is 7.51. The Bertz CT molecular complexity index is 750. The van der Waals surface area contributed by atoms with Crippen LogP contribution in [0.1, 0.15) is 11.1 Å². The van der Waals surface area contributed by atoms with Gasteiger partial charge in [-0.05, 0) is 30.2 Å². The molecular formula is C13H12ClN5. The van der Waals surface area contributed by atoms with Crippen molar-refractivity contribution in [3.63, 3.8) is 0 Å². The van der Waals surface area contributed by atoms with Crippen molar-refractivity contribution in [2.75, 3.05) is 0 Å². The minimum absolute atomic E-state index is 0.343. The summed E-state index contributed by atoms with van der Waals surface area (Å²) in [6.45, 7) is 2.31. The van der Waals surface area contributed by atoms with E-state index in [0.717, 1.165) is 22.3 Å². The average Bonchev–Trinajstić information content (AvgIpc) is 2.83. The Morgan fingerprint density at radius 1 is 1.26 bits per heavy atom. The Morgan fingerprint density at radius 2 is 2.11 bits per heavy atom.